The van der Waals surface area contributed by atoms with Gasteiger partial charge >= 0.3 is 0 Å². The predicted octanol–water partition coefficient (Wildman–Crippen LogP) is -1.12. The third kappa shape index (κ3) is 0.758. The van der Waals surface area contributed by atoms with Gasteiger partial charge in [0.1, 0.15) is 6.10 Å². The predicted molar refractivity (Wildman–Crippen MR) is 40.5 cm³/mol. The Morgan fingerprint density at radius 3 is 2.33 bits per heavy atom. The average Bonchev–Trinajstić information content (AvgIpc) is 2.21. The van der Waals surface area contributed by atoms with Gasteiger partial charge in [0, 0.05) is 5.92 Å². The highest BCUT2D eigenvalue weighted by Gasteiger charge is 2.64. The number of aliphatic hydroxyl groups excluding tert-OH is 2. The Bertz CT molecular complexity index is 203. The Morgan fingerprint density at radius 2 is 1.83 bits per heavy atom. The van der Waals surface area contributed by atoms with Crippen LogP contribution in [0.15, 0.2) is 0 Å². The highest BCUT2D eigenvalue weighted by Crippen LogP contribution is 2.47. The summed E-state index contributed by atoms with van der Waals surface area (Å²) in [4.78, 5) is 0. The molecule has 0 spiro atoms. The van der Waals surface area contributed by atoms with Crippen molar-refractivity contribution in [2.75, 3.05) is 0 Å². The molecule has 1 aliphatic heterocycles. The molecule has 0 aromatic heterocycles. The van der Waals surface area contributed by atoms with Gasteiger partial charge in [-0.25, -0.2) is 0 Å². The highest BCUT2D eigenvalue weighted by molar-refractivity contribution is 5.13. The molecule has 2 aliphatic rings. The zero-order valence-corrected chi connectivity index (χ0v) is 7.14. The van der Waals surface area contributed by atoms with E-state index in [2.05, 4.69) is 0 Å². The molecule has 0 amide bonds. The smallest absolute Gasteiger partial charge is 0.107 e. The van der Waals surface area contributed by atoms with E-state index < -0.39 is 17.8 Å². The van der Waals surface area contributed by atoms with E-state index in [4.69, 9.17) is 4.74 Å². The Morgan fingerprint density at radius 1 is 1.25 bits per heavy atom. The van der Waals surface area contributed by atoms with Gasteiger partial charge in [-0.05, 0) is 13.8 Å². The van der Waals surface area contributed by atoms with Crippen LogP contribution in [0.4, 0.5) is 0 Å². The van der Waals surface area contributed by atoms with Crippen LogP contribution in [0.2, 0.25) is 0 Å². The van der Waals surface area contributed by atoms with Crippen LogP contribution in [-0.2, 0) is 4.74 Å². The lowest BCUT2D eigenvalue weighted by molar-refractivity contribution is -0.194. The largest absolute Gasteiger partial charge is 0.390 e. The molecular weight excluding hydrogens is 160 g/mol. The second-order valence-electron chi connectivity index (χ2n) is 3.98. The van der Waals surface area contributed by atoms with Crippen molar-refractivity contribution in [3.8, 4) is 0 Å². The third-order valence-electron chi connectivity index (χ3n) is 3.27. The Hall–Kier alpha value is -0.160. The van der Waals surface area contributed by atoms with E-state index in [9.17, 15) is 15.3 Å². The van der Waals surface area contributed by atoms with Crippen molar-refractivity contribution < 1.29 is 20.1 Å². The maximum atomic E-state index is 9.85. The molecule has 1 aliphatic carbocycles. The minimum atomic E-state index is -1.01. The molecule has 70 valence electrons. The van der Waals surface area contributed by atoms with Crippen molar-refractivity contribution in [3.05, 3.63) is 0 Å². The Labute approximate surface area is 70.8 Å². The first-order valence-electron chi connectivity index (χ1n) is 4.20. The molecule has 12 heavy (non-hydrogen) atoms. The maximum absolute atomic E-state index is 9.85. The molecule has 2 rings (SSSR count). The highest BCUT2D eigenvalue weighted by atomic mass is 16.5. The second kappa shape index (κ2) is 2.20. The lowest BCUT2D eigenvalue weighted by Crippen LogP contribution is -2.63. The van der Waals surface area contributed by atoms with E-state index in [0.29, 0.717) is 0 Å². The van der Waals surface area contributed by atoms with E-state index in [0.717, 1.165) is 0 Å². The van der Waals surface area contributed by atoms with E-state index in [1.807, 2.05) is 0 Å². The summed E-state index contributed by atoms with van der Waals surface area (Å²) in [6, 6.07) is 0. The summed E-state index contributed by atoms with van der Waals surface area (Å²) in [6.07, 6.45) is -2.37. The van der Waals surface area contributed by atoms with E-state index >= 15 is 0 Å². The van der Waals surface area contributed by atoms with Crippen molar-refractivity contribution in [2.45, 2.75) is 43.9 Å². The summed E-state index contributed by atoms with van der Waals surface area (Å²) in [5, 5.41) is 28.4. The number of hydrogen-bond acceptors (Lipinski definition) is 4. The van der Waals surface area contributed by atoms with Gasteiger partial charge in [0.25, 0.3) is 0 Å². The zero-order valence-electron chi connectivity index (χ0n) is 7.14. The summed E-state index contributed by atoms with van der Waals surface area (Å²) in [6.45, 7) is 3.38. The van der Waals surface area contributed by atoms with Gasteiger partial charge in [-0.2, -0.15) is 0 Å². The van der Waals surface area contributed by atoms with Crippen LogP contribution in [0.25, 0.3) is 0 Å². The molecule has 1 saturated heterocycles. The Kier molecular flexibility index (Phi) is 1.55. The summed E-state index contributed by atoms with van der Waals surface area (Å²) < 4.78 is 5.30. The van der Waals surface area contributed by atoms with Gasteiger partial charge < -0.3 is 20.1 Å². The molecule has 0 radical (unpaired) electrons. The van der Waals surface area contributed by atoms with Crippen molar-refractivity contribution in [2.24, 2.45) is 5.92 Å². The van der Waals surface area contributed by atoms with Gasteiger partial charge in [-0.3, -0.25) is 0 Å². The van der Waals surface area contributed by atoms with Gasteiger partial charge in [0.05, 0.1) is 23.9 Å². The van der Waals surface area contributed by atoms with Crippen molar-refractivity contribution in [3.63, 3.8) is 0 Å². The first-order chi connectivity index (χ1) is 5.46. The fraction of sp³-hybridized carbons (Fsp3) is 1.00. The summed E-state index contributed by atoms with van der Waals surface area (Å²) >= 11 is 0. The molecule has 1 saturated carbocycles. The monoisotopic (exact) mass is 174 g/mol. The zero-order chi connectivity index (χ0) is 9.09. The quantitative estimate of drug-likeness (QED) is 0.435. The lowest BCUT2D eigenvalue weighted by atomic mass is 9.68. The standard InChI is InChI=1S/C8H14O4/c1-3-8(2,11)4-5(9)6(10)7(4)12-3/h3-7,9-11H,1-2H3. The molecule has 0 aromatic carbocycles. The molecule has 4 heteroatoms. The molecule has 3 N–H and O–H groups in total. The second-order valence-corrected chi connectivity index (χ2v) is 3.98. The summed E-state index contributed by atoms with van der Waals surface area (Å²) in [5.74, 6) is -0.331. The number of ether oxygens (including phenoxy) is 1. The van der Waals surface area contributed by atoms with Crippen LogP contribution in [-0.4, -0.2) is 45.3 Å². The lowest BCUT2D eigenvalue weighted by Gasteiger charge is -2.44. The minimum Gasteiger partial charge on any atom is -0.390 e. The Balaban J connectivity index is 2.22. The van der Waals surface area contributed by atoms with Gasteiger partial charge in [-0.15, -0.1) is 0 Å². The SMILES string of the molecule is CC1OC2C(O)C(O)C2C1(C)O. The number of rotatable bonds is 0. The first kappa shape index (κ1) is 8.44. The van der Waals surface area contributed by atoms with Crippen LogP contribution >= 0.6 is 0 Å². The van der Waals surface area contributed by atoms with Crippen LogP contribution < -0.4 is 0 Å². The average molecular weight is 174 g/mol. The van der Waals surface area contributed by atoms with Crippen LogP contribution in [0.1, 0.15) is 13.8 Å². The summed E-state index contributed by atoms with van der Waals surface area (Å²) in [7, 11) is 0. The van der Waals surface area contributed by atoms with Crippen molar-refractivity contribution in [1.82, 2.24) is 0 Å². The van der Waals surface area contributed by atoms with Crippen molar-refractivity contribution in [1.29, 1.82) is 0 Å². The number of hydrogen-bond donors (Lipinski definition) is 3. The van der Waals surface area contributed by atoms with Gasteiger partial charge in [0.15, 0.2) is 0 Å². The maximum Gasteiger partial charge on any atom is 0.107 e. The number of aliphatic hydroxyl groups is 3. The van der Waals surface area contributed by atoms with Crippen LogP contribution in [0.3, 0.4) is 0 Å². The normalized spacial score (nSPS) is 64.2. The minimum absolute atomic E-state index is 0.320. The molecular formula is C8H14O4. The molecule has 2 fully saturated rings. The topological polar surface area (TPSA) is 69.9 Å². The van der Waals surface area contributed by atoms with Crippen molar-refractivity contribution >= 4 is 0 Å². The van der Waals surface area contributed by atoms with Crippen LogP contribution in [0.5, 0.6) is 0 Å². The number of fused-ring (bicyclic) bond motifs is 1. The molecule has 6 unspecified atom stereocenters. The molecule has 4 nitrogen and oxygen atoms in total. The first-order valence-corrected chi connectivity index (χ1v) is 4.20. The fourth-order valence-electron chi connectivity index (χ4n) is 2.16. The van der Waals surface area contributed by atoms with E-state index in [1.165, 1.54) is 0 Å². The fourth-order valence-corrected chi connectivity index (χ4v) is 2.16. The van der Waals surface area contributed by atoms with Gasteiger partial charge in [-0.1, -0.05) is 0 Å². The van der Waals surface area contributed by atoms with E-state index in [1.54, 1.807) is 13.8 Å². The van der Waals surface area contributed by atoms with E-state index in [-0.39, 0.29) is 18.1 Å². The molecule has 0 aromatic rings. The molecule has 1 heterocycles. The molecule has 6 atom stereocenters. The third-order valence-corrected chi connectivity index (χ3v) is 3.27. The van der Waals surface area contributed by atoms with Gasteiger partial charge in [0.2, 0.25) is 0 Å². The molecule has 0 bridgehead atoms. The van der Waals surface area contributed by atoms with Crippen LogP contribution in [0, 0.1) is 5.92 Å². The summed E-state index contributed by atoms with van der Waals surface area (Å²) in [5.41, 5.74) is -1.01.